The van der Waals surface area contributed by atoms with Crippen molar-refractivity contribution < 1.29 is 47.7 Å². The van der Waals surface area contributed by atoms with Gasteiger partial charge in [0.05, 0.1) is 82.7 Å². The zero-order valence-electron chi connectivity index (χ0n) is 45.0. The van der Waals surface area contributed by atoms with E-state index in [2.05, 4.69) is 110 Å². The van der Waals surface area contributed by atoms with Gasteiger partial charge in [0.2, 0.25) is 5.91 Å². The lowest BCUT2D eigenvalue weighted by Crippen LogP contribution is -2.43. The molecule has 2 unspecified atom stereocenters. The SMILES string of the molecule is CC(=O)O.CCCCCC(C)(C)c1ccc(OCCOCC[N+](C)(C)Cc2ccc(OCCCCCCCCCn3cc(COCCOCCNC(=O)CCCC[C@@]4(S)SCC5NC(=O)NC54)nn3)cc2)cc1. The number of aromatic nitrogens is 3. The van der Waals surface area contributed by atoms with Gasteiger partial charge in [-0.2, -0.15) is 12.6 Å². The van der Waals surface area contributed by atoms with E-state index in [4.69, 9.17) is 46.2 Å². The van der Waals surface area contributed by atoms with Crippen molar-refractivity contribution in [3.05, 3.63) is 71.5 Å². The van der Waals surface area contributed by atoms with Gasteiger partial charge < -0.3 is 49.2 Å². The zero-order valence-corrected chi connectivity index (χ0v) is 46.7. The normalized spacial score (nSPS) is 17.3. The van der Waals surface area contributed by atoms with Crippen LogP contribution in [0.2, 0.25) is 0 Å². The number of aryl methyl sites for hydroxylation is 1. The van der Waals surface area contributed by atoms with E-state index in [0.717, 1.165) is 92.7 Å². The molecule has 3 heterocycles. The predicted octanol–water partition coefficient (Wildman–Crippen LogP) is 9.34. The van der Waals surface area contributed by atoms with E-state index in [9.17, 15) is 9.59 Å². The number of carboxylic acid groups (broad SMARTS) is 1. The van der Waals surface area contributed by atoms with Gasteiger partial charge in [-0.1, -0.05) is 95.9 Å². The van der Waals surface area contributed by atoms with Gasteiger partial charge in [0.15, 0.2) is 0 Å². The van der Waals surface area contributed by atoms with E-state index in [0.29, 0.717) is 59.2 Å². The van der Waals surface area contributed by atoms with Crippen molar-refractivity contribution in [2.45, 2.75) is 165 Å². The minimum Gasteiger partial charge on any atom is -0.494 e. The summed E-state index contributed by atoms with van der Waals surface area (Å²) in [5.74, 6) is 1.90. The first-order chi connectivity index (χ1) is 35.1. The largest absolute Gasteiger partial charge is 0.494 e. The molecule has 3 aromatic rings. The zero-order chi connectivity index (χ0) is 52.8. The summed E-state index contributed by atoms with van der Waals surface area (Å²) in [6.45, 7) is 15.5. The van der Waals surface area contributed by atoms with Crippen LogP contribution in [0, 0.1) is 0 Å². The monoisotopic (exact) mass is 1060 g/mol. The first-order valence-electron chi connectivity index (χ1n) is 26.9. The molecule has 5 rings (SSSR count). The second kappa shape index (κ2) is 33.8. The molecule has 3 atom stereocenters. The van der Waals surface area contributed by atoms with Crippen molar-refractivity contribution >= 4 is 42.3 Å². The fourth-order valence-electron chi connectivity index (χ4n) is 8.89. The van der Waals surface area contributed by atoms with Gasteiger partial charge in [0.1, 0.15) is 36.9 Å². The lowest BCUT2D eigenvalue weighted by atomic mass is 9.80. The van der Waals surface area contributed by atoms with Crippen LogP contribution >= 0.6 is 24.4 Å². The molecule has 0 spiro atoms. The van der Waals surface area contributed by atoms with Crippen LogP contribution in [-0.2, 0) is 48.9 Å². The molecule has 0 bridgehead atoms. The number of hydrogen-bond acceptors (Lipinski definition) is 12. The number of rotatable bonds is 38. The molecule has 4 N–H and O–H groups in total. The molecule has 73 heavy (non-hydrogen) atoms. The second-order valence-electron chi connectivity index (χ2n) is 20.7. The third-order valence-electron chi connectivity index (χ3n) is 13.2. The quantitative estimate of drug-likeness (QED) is 0.0159. The number of aliphatic carboxylic acids is 1. The van der Waals surface area contributed by atoms with E-state index in [-0.39, 0.29) is 33.5 Å². The Kier molecular flexibility index (Phi) is 28.4. The van der Waals surface area contributed by atoms with Crippen LogP contribution in [0.3, 0.4) is 0 Å². The highest BCUT2D eigenvalue weighted by molar-refractivity contribution is 8.12. The van der Waals surface area contributed by atoms with Crippen molar-refractivity contribution in [1.29, 1.82) is 0 Å². The number of benzene rings is 2. The van der Waals surface area contributed by atoms with Gasteiger partial charge in [-0.25, -0.2) is 4.79 Å². The average molecular weight is 1060 g/mol. The molecule has 0 saturated carbocycles. The molecular formula is C55H90N7O9S2+. The maximum absolute atomic E-state index is 12.2. The van der Waals surface area contributed by atoms with Gasteiger partial charge in [-0.05, 0) is 79.5 Å². The number of ether oxygens (including phenoxy) is 5. The van der Waals surface area contributed by atoms with Crippen LogP contribution in [-0.4, -0.2) is 138 Å². The number of quaternary nitrogens is 1. The van der Waals surface area contributed by atoms with Crippen LogP contribution in [0.15, 0.2) is 54.7 Å². The van der Waals surface area contributed by atoms with Crippen molar-refractivity contribution in [1.82, 2.24) is 30.9 Å². The molecule has 18 heteroatoms. The maximum atomic E-state index is 12.2. The van der Waals surface area contributed by atoms with E-state index in [1.807, 2.05) is 10.9 Å². The molecule has 16 nitrogen and oxygen atoms in total. The topological polar surface area (TPSA) is 184 Å². The summed E-state index contributed by atoms with van der Waals surface area (Å²) in [5, 5.41) is 24.8. The van der Waals surface area contributed by atoms with Crippen LogP contribution < -0.4 is 25.4 Å². The molecule has 410 valence electrons. The minimum absolute atomic E-state index is 0.0239. The highest BCUT2D eigenvalue weighted by atomic mass is 32.2. The summed E-state index contributed by atoms with van der Waals surface area (Å²) in [7, 11) is 4.50. The maximum Gasteiger partial charge on any atom is 0.315 e. The van der Waals surface area contributed by atoms with Gasteiger partial charge in [-0.3, -0.25) is 14.3 Å². The van der Waals surface area contributed by atoms with E-state index in [1.165, 1.54) is 68.9 Å². The van der Waals surface area contributed by atoms with E-state index >= 15 is 0 Å². The molecule has 2 aliphatic rings. The van der Waals surface area contributed by atoms with Crippen LogP contribution in [0.1, 0.15) is 141 Å². The smallest absolute Gasteiger partial charge is 0.315 e. The number of amides is 3. The number of carbonyl (C=O) groups is 3. The number of carbonyl (C=O) groups excluding carboxylic acids is 2. The molecule has 0 radical (unpaired) electrons. The summed E-state index contributed by atoms with van der Waals surface area (Å²) < 4.78 is 31.8. The summed E-state index contributed by atoms with van der Waals surface area (Å²) in [6, 6.07) is 17.2. The highest BCUT2D eigenvalue weighted by Gasteiger charge is 2.51. The van der Waals surface area contributed by atoms with E-state index < -0.39 is 5.97 Å². The van der Waals surface area contributed by atoms with Crippen molar-refractivity contribution in [3.63, 3.8) is 0 Å². The second-order valence-corrected chi connectivity index (χ2v) is 23.1. The lowest BCUT2D eigenvalue weighted by molar-refractivity contribution is -0.904. The molecule has 0 aliphatic carbocycles. The number of nitrogens with zero attached hydrogens (tertiary/aromatic N) is 4. The number of likely N-dealkylation sites (N-methyl/N-ethyl adjacent to an activating group) is 1. The third-order valence-corrected chi connectivity index (χ3v) is 15.6. The van der Waals surface area contributed by atoms with Crippen LogP contribution in [0.5, 0.6) is 11.5 Å². The van der Waals surface area contributed by atoms with Crippen molar-refractivity contribution in [2.24, 2.45) is 0 Å². The fraction of sp³-hybridized carbons (Fsp3) is 0.691. The Labute approximate surface area is 446 Å². The number of thiol groups is 1. The van der Waals surface area contributed by atoms with Crippen LogP contribution in [0.4, 0.5) is 4.79 Å². The molecule has 1 aromatic heterocycles. The summed E-state index contributed by atoms with van der Waals surface area (Å²) >= 11 is 6.65. The Morgan fingerprint density at radius 1 is 0.836 bits per heavy atom. The van der Waals surface area contributed by atoms with Gasteiger partial charge in [-0.15, -0.1) is 16.9 Å². The minimum atomic E-state index is -0.833. The number of hydrogen-bond donors (Lipinski definition) is 5. The molecule has 3 amide bonds. The van der Waals surface area contributed by atoms with Crippen LogP contribution in [0.25, 0.3) is 0 Å². The van der Waals surface area contributed by atoms with Crippen molar-refractivity contribution in [3.8, 4) is 11.5 Å². The van der Waals surface area contributed by atoms with E-state index in [1.54, 1.807) is 11.8 Å². The standard InChI is InChI=1S/C53H85N7O7S2.C2H4O2/c1-6-7-14-27-52(2,3)44-21-25-47(26-22-44)67-38-37-64-34-31-60(4,5)40-43-19-23-46(24-20-43)66-32-17-12-10-8-9-11-16-30-59-39-45(57-58-59)41-65-36-35-63-33-29-54-49(61)18-13-15-28-53(68)50-48(42-69-53)55-51(62)56-50;1-2(3)4/h19-26,39,48,50H,6-18,27-38,40-42H2,1-5H3,(H3-,54,55,56,61,62,68);1H3,(H,3,4)/p+1/t48?,50?,53-;/m1./s1. The average Bonchev–Trinajstić information content (AvgIpc) is 4.06. The number of urea groups is 1. The number of nitrogens with one attached hydrogen (secondary N) is 3. The summed E-state index contributed by atoms with van der Waals surface area (Å²) in [6.07, 6.45) is 18.1. The number of unbranched alkanes of at least 4 members (excludes halogenated alkanes) is 9. The number of fused-ring (bicyclic) bond motifs is 1. The summed E-state index contributed by atoms with van der Waals surface area (Å²) in [4.78, 5) is 32.9. The number of carboxylic acids is 1. The Morgan fingerprint density at radius 2 is 1.48 bits per heavy atom. The van der Waals surface area contributed by atoms with Gasteiger partial charge in [0, 0.05) is 37.8 Å². The highest BCUT2D eigenvalue weighted by Crippen LogP contribution is 2.46. The Balaban J connectivity index is 0.00000278. The summed E-state index contributed by atoms with van der Waals surface area (Å²) in [5.41, 5.74) is 3.67. The third kappa shape index (κ3) is 25.3. The fourth-order valence-corrected chi connectivity index (χ4v) is 10.9. The number of thioether (sulfide) groups is 1. The molecule has 2 fully saturated rings. The Morgan fingerprint density at radius 3 is 2.21 bits per heavy atom. The Hall–Kier alpha value is -4.07. The van der Waals surface area contributed by atoms with Crippen molar-refractivity contribution in [2.75, 3.05) is 79.2 Å². The lowest BCUT2D eigenvalue weighted by Gasteiger charge is -2.29. The van der Waals surface area contributed by atoms with Gasteiger partial charge in [0.25, 0.3) is 5.97 Å². The first kappa shape index (κ1) is 61.5. The first-order valence-corrected chi connectivity index (χ1v) is 28.3. The predicted molar refractivity (Wildman–Crippen MR) is 294 cm³/mol. The Bertz CT molecular complexity index is 2000. The van der Waals surface area contributed by atoms with Gasteiger partial charge >= 0.3 is 6.03 Å². The molecule has 2 aromatic carbocycles. The molecule has 2 saturated heterocycles. The molecule has 2 aliphatic heterocycles. The molecular weight excluding hydrogens is 967 g/mol.